The second kappa shape index (κ2) is 6.39. The molecule has 0 spiro atoms. The van der Waals surface area contributed by atoms with Crippen molar-refractivity contribution in [1.29, 1.82) is 0 Å². The van der Waals surface area contributed by atoms with E-state index < -0.39 is 0 Å². The van der Waals surface area contributed by atoms with Crippen LogP contribution in [0.2, 0.25) is 0 Å². The molecule has 1 aromatic rings. The Morgan fingerprint density at radius 3 is 2.85 bits per heavy atom. The van der Waals surface area contributed by atoms with Crippen molar-refractivity contribution in [3.05, 3.63) is 22.7 Å². The van der Waals surface area contributed by atoms with Crippen molar-refractivity contribution >= 4 is 5.82 Å². The average Bonchev–Trinajstić information content (AvgIpc) is 3.18. The van der Waals surface area contributed by atoms with Gasteiger partial charge in [-0.3, -0.25) is 4.79 Å². The van der Waals surface area contributed by atoms with Crippen molar-refractivity contribution in [1.82, 2.24) is 9.55 Å². The van der Waals surface area contributed by atoms with Crippen LogP contribution in [-0.4, -0.2) is 29.8 Å². The van der Waals surface area contributed by atoms with Crippen LogP contribution in [0.5, 0.6) is 0 Å². The van der Waals surface area contributed by atoms with Gasteiger partial charge in [-0.15, -0.1) is 0 Å². The Bertz CT molecular complexity index is 492. The summed E-state index contributed by atoms with van der Waals surface area (Å²) in [6.45, 7) is 6.52. The summed E-state index contributed by atoms with van der Waals surface area (Å²) in [6, 6.07) is 0. The standard InChI is InChI=1S/C15H25N3O2/c1-12(2)10-18-8-7-16-13(14(18)19)17-11-15(4-5-15)6-9-20-3/h7-8,12H,4-6,9-11H2,1-3H3,(H,16,17). The van der Waals surface area contributed by atoms with Crippen molar-refractivity contribution in [3.8, 4) is 0 Å². The van der Waals surface area contributed by atoms with Gasteiger partial charge in [0.05, 0.1) is 0 Å². The smallest absolute Gasteiger partial charge is 0.293 e. The van der Waals surface area contributed by atoms with Gasteiger partial charge in [-0.1, -0.05) is 13.8 Å². The summed E-state index contributed by atoms with van der Waals surface area (Å²) in [5.74, 6) is 0.913. The largest absolute Gasteiger partial charge is 0.385 e. The summed E-state index contributed by atoms with van der Waals surface area (Å²) in [5.41, 5.74) is 0.284. The maximum Gasteiger partial charge on any atom is 0.293 e. The highest BCUT2D eigenvalue weighted by molar-refractivity contribution is 5.31. The van der Waals surface area contributed by atoms with Gasteiger partial charge in [0.25, 0.3) is 5.56 Å². The van der Waals surface area contributed by atoms with Gasteiger partial charge >= 0.3 is 0 Å². The Hall–Kier alpha value is -1.36. The number of hydrogen-bond acceptors (Lipinski definition) is 4. The predicted octanol–water partition coefficient (Wildman–Crippen LogP) is 2.13. The van der Waals surface area contributed by atoms with E-state index >= 15 is 0 Å². The van der Waals surface area contributed by atoms with Gasteiger partial charge in [-0.05, 0) is 30.6 Å². The van der Waals surface area contributed by atoms with Crippen LogP contribution in [0.1, 0.15) is 33.1 Å². The molecule has 0 amide bonds. The van der Waals surface area contributed by atoms with Crippen LogP contribution in [0.3, 0.4) is 0 Å². The zero-order chi connectivity index (χ0) is 14.6. The topological polar surface area (TPSA) is 56.1 Å². The minimum Gasteiger partial charge on any atom is -0.385 e. The minimum absolute atomic E-state index is 0.0243. The van der Waals surface area contributed by atoms with Crippen molar-refractivity contribution in [3.63, 3.8) is 0 Å². The summed E-state index contributed by atoms with van der Waals surface area (Å²) < 4.78 is 6.88. The molecule has 20 heavy (non-hydrogen) atoms. The van der Waals surface area contributed by atoms with Gasteiger partial charge in [-0.2, -0.15) is 0 Å². The third-order valence-electron chi connectivity index (χ3n) is 3.90. The molecule has 1 aliphatic carbocycles. The fraction of sp³-hybridized carbons (Fsp3) is 0.733. The first kappa shape index (κ1) is 15.0. The maximum atomic E-state index is 12.3. The summed E-state index contributed by atoms with van der Waals surface area (Å²) in [7, 11) is 1.73. The summed E-state index contributed by atoms with van der Waals surface area (Å²) >= 11 is 0. The van der Waals surface area contributed by atoms with Crippen LogP contribution in [0.25, 0.3) is 0 Å². The Kier molecular flexibility index (Phi) is 4.81. The third kappa shape index (κ3) is 3.82. The lowest BCUT2D eigenvalue weighted by Gasteiger charge is -2.16. The third-order valence-corrected chi connectivity index (χ3v) is 3.90. The van der Waals surface area contributed by atoms with E-state index in [1.165, 1.54) is 12.8 Å². The van der Waals surface area contributed by atoms with Gasteiger partial charge in [0.1, 0.15) is 0 Å². The normalized spacial score (nSPS) is 16.4. The lowest BCUT2D eigenvalue weighted by Crippen LogP contribution is -2.28. The molecule has 1 N–H and O–H groups in total. The van der Waals surface area contributed by atoms with Crippen LogP contribution in [0, 0.1) is 11.3 Å². The molecule has 0 bridgehead atoms. The number of anilines is 1. The molecule has 2 rings (SSSR count). The molecule has 1 heterocycles. The Labute approximate surface area is 120 Å². The van der Waals surface area contributed by atoms with E-state index in [9.17, 15) is 4.79 Å². The number of ether oxygens (including phenoxy) is 1. The molecule has 1 aliphatic rings. The van der Waals surface area contributed by atoms with Crippen LogP contribution < -0.4 is 10.9 Å². The van der Waals surface area contributed by atoms with E-state index in [1.54, 1.807) is 24.1 Å². The van der Waals surface area contributed by atoms with Crippen LogP contribution in [0.15, 0.2) is 17.2 Å². The molecule has 0 aromatic carbocycles. The number of methoxy groups -OCH3 is 1. The number of hydrogen-bond donors (Lipinski definition) is 1. The molecule has 0 radical (unpaired) electrons. The fourth-order valence-corrected chi connectivity index (χ4v) is 2.39. The van der Waals surface area contributed by atoms with Crippen molar-refractivity contribution < 1.29 is 4.74 Å². The zero-order valence-corrected chi connectivity index (χ0v) is 12.7. The zero-order valence-electron chi connectivity index (χ0n) is 12.7. The first-order valence-electron chi connectivity index (χ1n) is 7.34. The highest BCUT2D eigenvalue weighted by Gasteiger charge is 2.41. The molecular formula is C15H25N3O2. The van der Waals surface area contributed by atoms with Crippen molar-refractivity contribution in [2.45, 2.75) is 39.7 Å². The molecular weight excluding hydrogens is 254 g/mol. The SMILES string of the molecule is COCCC1(CNc2nccn(CC(C)C)c2=O)CC1. The molecule has 0 aliphatic heterocycles. The van der Waals surface area contributed by atoms with Crippen LogP contribution >= 0.6 is 0 Å². The van der Waals surface area contributed by atoms with Gasteiger partial charge in [0.15, 0.2) is 5.82 Å². The van der Waals surface area contributed by atoms with Gasteiger partial charge < -0.3 is 14.6 Å². The second-order valence-electron chi connectivity index (χ2n) is 6.22. The summed E-state index contributed by atoms with van der Waals surface area (Å²) in [6.07, 6.45) is 6.91. The van der Waals surface area contributed by atoms with Crippen LogP contribution in [-0.2, 0) is 11.3 Å². The van der Waals surface area contributed by atoms with Crippen molar-refractivity contribution in [2.75, 3.05) is 25.6 Å². The van der Waals surface area contributed by atoms with E-state index in [4.69, 9.17) is 4.74 Å². The first-order valence-corrected chi connectivity index (χ1v) is 7.34. The summed E-state index contributed by atoms with van der Waals surface area (Å²) in [4.78, 5) is 16.5. The molecule has 0 atom stereocenters. The fourth-order valence-electron chi connectivity index (χ4n) is 2.39. The van der Waals surface area contributed by atoms with E-state index in [0.717, 1.165) is 26.1 Å². The molecule has 0 saturated heterocycles. The number of nitrogens with one attached hydrogen (secondary N) is 1. The quantitative estimate of drug-likeness (QED) is 0.792. The molecule has 1 saturated carbocycles. The molecule has 5 heteroatoms. The van der Waals surface area contributed by atoms with E-state index in [1.807, 2.05) is 0 Å². The Morgan fingerprint density at radius 2 is 2.25 bits per heavy atom. The van der Waals surface area contributed by atoms with Gasteiger partial charge in [0.2, 0.25) is 0 Å². The Morgan fingerprint density at radius 1 is 1.50 bits per heavy atom. The molecule has 1 aromatic heterocycles. The monoisotopic (exact) mass is 279 g/mol. The number of nitrogens with zero attached hydrogens (tertiary/aromatic N) is 2. The highest BCUT2D eigenvalue weighted by Crippen LogP contribution is 2.48. The summed E-state index contributed by atoms with van der Waals surface area (Å²) in [5, 5.41) is 3.24. The number of aromatic nitrogens is 2. The van der Waals surface area contributed by atoms with Crippen LogP contribution in [0.4, 0.5) is 5.82 Å². The first-order chi connectivity index (χ1) is 9.56. The predicted molar refractivity (Wildman–Crippen MR) is 80.0 cm³/mol. The highest BCUT2D eigenvalue weighted by atomic mass is 16.5. The minimum atomic E-state index is -0.0243. The average molecular weight is 279 g/mol. The van der Waals surface area contributed by atoms with Crippen molar-refractivity contribution in [2.24, 2.45) is 11.3 Å². The van der Waals surface area contributed by atoms with Gasteiger partial charge in [-0.25, -0.2) is 4.98 Å². The van der Waals surface area contributed by atoms with E-state index in [2.05, 4.69) is 24.1 Å². The lowest BCUT2D eigenvalue weighted by molar-refractivity contribution is 0.175. The number of rotatable bonds is 8. The van der Waals surface area contributed by atoms with Gasteiger partial charge in [0, 0.05) is 39.2 Å². The van der Waals surface area contributed by atoms with E-state index in [-0.39, 0.29) is 5.56 Å². The molecule has 5 nitrogen and oxygen atoms in total. The maximum absolute atomic E-state index is 12.3. The second-order valence-corrected chi connectivity index (χ2v) is 6.22. The molecule has 1 fully saturated rings. The Balaban J connectivity index is 1.98. The lowest BCUT2D eigenvalue weighted by atomic mass is 10.0. The van der Waals surface area contributed by atoms with E-state index in [0.29, 0.717) is 17.2 Å². The molecule has 112 valence electrons. The molecule has 0 unspecified atom stereocenters.